The van der Waals surface area contributed by atoms with Gasteiger partial charge in [-0.15, -0.1) is 0 Å². The third-order valence-corrected chi connectivity index (χ3v) is 4.97. The maximum Gasteiger partial charge on any atom is 0.343 e. The van der Waals surface area contributed by atoms with Crippen LogP contribution in [0.25, 0.3) is 0 Å². The summed E-state index contributed by atoms with van der Waals surface area (Å²) in [5.74, 6) is 1.46. The molecule has 9 heteroatoms. The van der Waals surface area contributed by atoms with Gasteiger partial charge >= 0.3 is 5.97 Å². The van der Waals surface area contributed by atoms with Gasteiger partial charge in [0.1, 0.15) is 5.75 Å². The molecule has 0 aromatic heterocycles. The molecule has 1 N–H and O–H groups in total. The number of esters is 1. The molecule has 0 bridgehead atoms. The largest absolute Gasteiger partial charge is 0.494 e. The van der Waals surface area contributed by atoms with Crippen LogP contribution >= 0.6 is 0 Å². The molecule has 0 unspecified atom stereocenters. The van der Waals surface area contributed by atoms with Crippen molar-refractivity contribution in [3.05, 3.63) is 77.4 Å². The van der Waals surface area contributed by atoms with Crippen LogP contribution in [0.1, 0.15) is 39.6 Å². The molecule has 4 rings (SSSR count). The Balaban J connectivity index is 1.37. The van der Waals surface area contributed by atoms with E-state index in [-0.39, 0.29) is 12.5 Å². The minimum atomic E-state index is -0.525. The number of nitrogens with zero attached hydrogens (tertiary/aromatic N) is 1. The molecular formula is C26H24N2O7. The normalized spacial score (nSPS) is 11.8. The third kappa shape index (κ3) is 5.89. The van der Waals surface area contributed by atoms with Gasteiger partial charge in [0, 0.05) is 5.56 Å². The molecule has 1 aliphatic heterocycles. The predicted octanol–water partition coefficient (Wildman–Crippen LogP) is 4.20. The van der Waals surface area contributed by atoms with Gasteiger partial charge in [0.25, 0.3) is 5.91 Å². The maximum atomic E-state index is 12.5. The second kappa shape index (κ2) is 11.1. The average Bonchev–Trinajstić information content (AvgIpc) is 3.36. The van der Waals surface area contributed by atoms with Crippen LogP contribution in [0.4, 0.5) is 0 Å². The van der Waals surface area contributed by atoms with Crippen LogP contribution in [0.3, 0.4) is 0 Å². The first-order valence-electron chi connectivity index (χ1n) is 10.9. The summed E-state index contributed by atoms with van der Waals surface area (Å²) in [4.78, 5) is 24.9. The van der Waals surface area contributed by atoms with E-state index in [4.69, 9.17) is 23.7 Å². The van der Waals surface area contributed by atoms with Crippen LogP contribution in [0.15, 0.2) is 65.8 Å². The molecule has 0 spiro atoms. The highest BCUT2D eigenvalue weighted by Gasteiger charge is 2.16. The van der Waals surface area contributed by atoms with Crippen molar-refractivity contribution in [1.29, 1.82) is 0 Å². The summed E-state index contributed by atoms with van der Waals surface area (Å²) < 4.78 is 26.9. The number of benzene rings is 3. The van der Waals surface area contributed by atoms with E-state index in [2.05, 4.69) is 10.5 Å². The molecule has 0 fully saturated rings. The van der Waals surface area contributed by atoms with Crippen molar-refractivity contribution < 1.29 is 33.3 Å². The van der Waals surface area contributed by atoms with Crippen molar-refractivity contribution in [1.82, 2.24) is 5.43 Å². The van der Waals surface area contributed by atoms with Gasteiger partial charge in [0.05, 0.1) is 25.5 Å². The zero-order valence-corrected chi connectivity index (χ0v) is 19.3. The topological polar surface area (TPSA) is 105 Å². The van der Waals surface area contributed by atoms with Crippen LogP contribution in [0, 0.1) is 0 Å². The van der Waals surface area contributed by atoms with Crippen molar-refractivity contribution in [2.75, 3.05) is 20.5 Å². The highest BCUT2D eigenvalue weighted by atomic mass is 16.7. The summed E-state index contributed by atoms with van der Waals surface area (Å²) in [7, 11) is 1.47. The Hall–Kier alpha value is -4.53. The van der Waals surface area contributed by atoms with E-state index in [0.29, 0.717) is 46.3 Å². The molecule has 0 atom stereocenters. The van der Waals surface area contributed by atoms with Gasteiger partial charge in [0.2, 0.25) is 6.79 Å². The quantitative estimate of drug-likeness (QED) is 0.214. The van der Waals surface area contributed by atoms with E-state index < -0.39 is 11.9 Å². The Labute approximate surface area is 202 Å². The average molecular weight is 476 g/mol. The number of fused-ring (bicyclic) bond motifs is 1. The summed E-state index contributed by atoms with van der Waals surface area (Å²) in [6, 6.07) is 16.5. The summed E-state index contributed by atoms with van der Waals surface area (Å²) in [6.45, 7) is 2.76. The fourth-order valence-electron chi connectivity index (χ4n) is 3.18. The number of hydrazone groups is 1. The Bertz CT molecular complexity index is 1240. The van der Waals surface area contributed by atoms with E-state index in [1.165, 1.54) is 13.3 Å². The van der Waals surface area contributed by atoms with Crippen LogP contribution < -0.4 is 29.1 Å². The Morgan fingerprint density at radius 3 is 2.51 bits per heavy atom. The first kappa shape index (κ1) is 23.6. The smallest absolute Gasteiger partial charge is 0.343 e. The fraction of sp³-hybridized carbons (Fsp3) is 0.192. The van der Waals surface area contributed by atoms with Crippen LogP contribution in [0.2, 0.25) is 0 Å². The number of rotatable bonds is 9. The number of carbonyl (C=O) groups is 2. The maximum absolute atomic E-state index is 12.5. The highest BCUT2D eigenvalue weighted by molar-refractivity contribution is 5.95. The summed E-state index contributed by atoms with van der Waals surface area (Å²) in [6.07, 6.45) is 2.35. The first-order chi connectivity index (χ1) is 17.1. The molecule has 1 aliphatic rings. The molecule has 0 aliphatic carbocycles. The number of methoxy groups -OCH3 is 1. The molecule has 3 aromatic carbocycles. The highest BCUT2D eigenvalue weighted by Crippen LogP contribution is 2.32. The zero-order chi connectivity index (χ0) is 24.6. The van der Waals surface area contributed by atoms with Gasteiger partial charge in [-0.1, -0.05) is 6.92 Å². The molecule has 180 valence electrons. The van der Waals surface area contributed by atoms with E-state index in [1.54, 1.807) is 60.7 Å². The number of ether oxygens (including phenoxy) is 5. The molecular weight excluding hydrogens is 452 g/mol. The lowest BCUT2D eigenvalue weighted by atomic mass is 10.2. The number of amides is 1. The molecule has 9 nitrogen and oxygen atoms in total. The van der Waals surface area contributed by atoms with E-state index in [0.717, 1.165) is 6.42 Å². The lowest BCUT2D eigenvalue weighted by molar-refractivity contribution is 0.0729. The van der Waals surface area contributed by atoms with Gasteiger partial charge in [-0.25, -0.2) is 10.2 Å². The standard InChI is InChI=1S/C26H24N2O7/c1-3-12-32-20-8-5-18(6-9-20)26(30)35-22-10-4-17(13-23(22)31-2)15-27-28-25(29)19-7-11-21-24(14-19)34-16-33-21/h4-11,13-15H,3,12,16H2,1-2H3,(H,28,29)/b27-15+. The van der Waals surface area contributed by atoms with Gasteiger partial charge in [-0.05, 0) is 72.6 Å². The molecule has 0 saturated heterocycles. The van der Waals surface area contributed by atoms with Crippen LogP contribution in [0.5, 0.6) is 28.7 Å². The van der Waals surface area contributed by atoms with Gasteiger partial charge < -0.3 is 23.7 Å². The number of nitrogens with one attached hydrogen (secondary N) is 1. The summed E-state index contributed by atoms with van der Waals surface area (Å²) in [5.41, 5.74) is 3.86. The van der Waals surface area contributed by atoms with E-state index in [9.17, 15) is 9.59 Å². The number of carbonyl (C=O) groups excluding carboxylic acids is 2. The second-order valence-corrected chi connectivity index (χ2v) is 7.44. The van der Waals surface area contributed by atoms with Crippen LogP contribution in [-0.4, -0.2) is 38.6 Å². The second-order valence-electron chi connectivity index (χ2n) is 7.44. The summed E-state index contributed by atoms with van der Waals surface area (Å²) >= 11 is 0. The number of hydrogen-bond donors (Lipinski definition) is 1. The number of hydrogen-bond acceptors (Lipinski definition) is 8. The van der Waals surface area contributed by atoms with Crippen LogP contribution in [-0.2, 0) is 0 Å². The van der Waals surface area contributed by atoms with E-state index in [1.807, 2.05) is 6.92 Å². The SMILES string of the molecule is CCCOc1ccc(C(=O)Oc2ccc(/C=N/NC(=O)c3ccc4c(c3)OCO4)cc2OC)cc1. The van der Waals surface area contributed by atoms with Crippen molar-refractivity contribution in [2.45, 2.75) is 13.3 Å². The first-order valence-corrected chi connectivity index (χ1v) is 10.9. The van der Waals surface area contributed by atoms with Crippen molar-refractivity contribution in [2.24, 2.45) is 5.10 Å². The summed E-state index contributed by atoms with van der Waals surface area (Å²) in [5, 5.41) is 3.98. The Morgan fingerprint density at radius 2 is 1.74 bits per heavy atom. The fourth-order valence-corrected chi connectivity index (χ4v) is 3.18. The van der Waals surface area contributed by atoms with E-state index >= 15 is 0 Å². The van der Waals surface area contributed by atoms with Crippen molar-refractivity contribution in [3.63, 3.8) is 0 Å². The molecule has 1 heterocycles. The molecule has 0 radical (unpaired) electrons. The monoisotopic (exact) mass is 476 g/mol. The van der Waals surface area contributed by atoms with Gasteiger partial charge in [-0.2, -0.15) is 5.10 Å². The third-order valence-electron chi connectivity index (χ3n) is 4.97. The lowest BCUT2D eigenvalue weighted by Gasteiger charge is -2.10. The predicted molar refractivity (Wildman–Crippen MR) is 128 cm³/mol. The van der Waals surface area contributed by atoms with Gasteiger partial charge in [-0.3, -0.25) is 4.79 Å². The van der Waals surface area contributed by atoms with Crippen molar-refractivity contribution >= 4 is 18.1 Å². The molecule has 3 aromatic rings. The molecule has 35 heavy (non-hydrogen) atoms. The lowest BCUT2D eigenvalue weighted by Crippen LogP contribution is -2.17. The van der Waals surface area contributed by atoms with Crippen molar-refractivity contribution in [3.8, 4) is 28.7 Å². The molecule has 1 amide bonds. The Morgan fingerprint density at radius 1 is 0.971 bits per heavy atom. The minimum Gasteiger partial charge on any atom is -0.494 e. The van der Waals surface area contributed by atoms with Gasteiger partial charge in [0.15, 0.2) is 23.0 Å². The Kier molecular flexibility index (Phi) is 7.47. The molecule has 0 saturated carbocycles. The minimum absolute atomic E-state index is 0.131. The zero-order valence-electron chi connectivity index (χ0n) is 19.3.